The van der Waals surface area contributed by atoms with Crippen molar-refractivity contribution in [1.82, 2.24) is 4.98 Å². The average molecular weight is 365 g/mol. The third-order valence-corrected chi connectivity index (χ3v) is 4.26. The van der Waals surface area contributed by atoms with E-state index in [4.69, 9.17) is 17.3 Å². The van der Waals surface area contributed by atoms with Gasteiger partial charge in [-0.2, -0.15) is 5.26 Å². The predicted octanol–water partition coefficient (Wildman–Crippen LogP) is 4.74. The molecule has 1 aromatic heterocycles. The molecule has 128 valence electrons. The molecule has 2 aromatic carbocycles. The highest BCUT2D eigenvalue weighted by Crippen LogP contribution is 2.37. The van der Waals surface area contributed by atoms with Crippen molar-refractivity contribution < 1.29 is 4.92 Å². The van der Waals surface area contributed by atoms with E-state index in [1.54, 1.807) is 37.3 Å². The van der Waals surface area contributed by atoms with Gasteiger partial charge < -0.3 is 5.73 Å². The Balaban J connectivity index is 2.33. The number of nitro benzene ring substituents is 1. The van der Waals surface area contributed by atoms with Gasteiger partial charge in [0, 0.05) is 28.3 Å². The van der Waals surface area contributed by atoms with E-state index in [0.29, 0.717) is 27.4 Å². The number of anilines is 1. The molecule has 2 N–H and O–H groups in total. The van der Waals surface area contributed by atoms with Crippen LogP contribution in [-0.2, 0) is 0 Å². The van der Waals surface area contributed by atoms with E-state index in [1.807, 2.05) is 6.07 Å². The van der Waals surface area contributed by atoms with Gasteiger partial charge in [0.05, 0.1) is 10.6 Å². The van der Waals surface area contributed by atoms with Gasteiger partial charge in [0.2, 0.25) is 0 Å². The SMILES string of the molecule is Cc1c(-c2cccc(Cl)c2)nc(N)c(C#N)c1-c1cccc([N+](=O)[O-])c1. The normalized spacial score (nSPS) is 10.3. The number of halogens is 1. The van der Waals surface area contributed by atoms with Gasteiger partial charge in [0.1, 0.15) is 17.5 Å². The summed E-state index contributed by atoms with van der Waals surface area (Å²) in [4.78, 5) is 15.0. The van der Waals surface area contributed by atoms with Gasteiger partial charge in [-0.05, 0) is 30.2 Å². The second-order valence-corrected chi connectivity index (χ2v) is 6.09. The lowest BCUT2D eigenvalue weighted by atomic mass is 9.92. The summed E-state index contributed by atoms with van der Waals surface area (Å²) in [5.74, 6) is 0.0644. The van der Waals surface area contributed by atoms with Crippen LogP contribution in [0.2, 0.25) is 5.02 Å². The summed E-state index contributed by atoms with van der Waals surface area (Å²) < 4.78 is 0. The lowest BCUT2D eigenvalue weighted by Gasteiger charge is -2.15. The number of pyridine rings is 1. The molecule has 26 heavy (non-hydrogen) atoms. The molecule has 7 heteroatoms. The van der Waals surface area contributed by atoms with Crippen molar-refractivity contribution in [2.75, 3.05) is 5.73 Å². The molecule has 0 bridgehead atoms. The van der Waals surface area contributed by atoms with Crippen LogP contribution >= 0.6 is 11.6 Å². The fourth-order valence-corrected chi connectivity index (χ4v) is 3.05. The van der Waals surface area contributed by atoms with Crippen LogP contribution in [0.4, 0.5) is 11.5 Å². The quantitative estimate of drug-likeness (QED) is 0.533. The molecule has 0 saturated heterocycles. The van der Waals surface area contributed by atoms with E-state index in [1.165, 1.54) is 12.1 Å². The highest BCUT2D eigenvalue weighted by molar-refractivity contribution is 6.30. The first kappa shape index (κ1) is 17.4. The van der Waals surface area contributed by atoms with Gasteiger partial charge in [-0.15, -0.1) is 0 Å². The van der Waals surface area contributed by atoms with Crippen LogP contribution in [0.3, 0.4) is 0 Å². The number of non-ortho nitro benzene ring substituents is 1. The minimum atomic E-state index is -0.479. The molecule has 3 aromatic rings. The number of nitrogens with two attached hydrogens (primary N) is 1. The van der Waals surface area contributed by atoms with Crippen LogP contribution in [0.25, 0.3) is 22.4 Å². The average Bonchev–Trinajstić information content (AvgIpc) is 2.63. The van der Waals surface area contributed by atoms with Crippen LogP contribution in [0.15, 0.2) is 48.5 Å². The van der Waals surface area contributed by atoms with Crippen LogP contribution in [0.1, 0.15) is 11.1 Å². The third kappa shape index (κ3) is 3.08. The van der Waals surface area contributed by atoms with Crippen LogP contribution in [-0.4, -0.2) is 9.91 Å². The summed E-state index contributed by atoms with van der Waals surface area (Å²) in [5, 5.41) is 21.2. The van der Waals surface area contributed by atoms with Crippen molar-refractivity contribution in [3.8, 4) is 28.5 Å². The zero-order chi connectivity index (χ0) is 18.8. The minimum absolute atomic E-state index is 0.0644. The molecule has 0 radical (unpaired) electrons. The van der Waals surface area contributed by atoms with Crippen LogP contribution in [0, 0.1) is 28.4 Å². The topological polar surface area (TPSA) is 106 Å². The number of nitrogen functional groups attached to an aromatic ring is 1. The van der Waals surface area contributed by atoms with E-state index < -0.39 is 4.92 Å². The smallest absolute Gasteiger partial charge is 0.270 e. The lowest BCUT2D eigenvalue weighted by molar-refractivity contribution is -0.384. The molecular weight excluding hydrogens is 352 g/mol. The summed E-state index contributed by atoms with van der Waals surface area (Å²) >= 11 is 6.07. The first-order valence-corrected chi connectivity index (χ1v) is 8.01. The monoisotopic (exact) mass is 364 g/mol. The molecule has 1 heterocycles. The van der Waals surface area contributed by atoms with Gasteiger partial charge >= 0.3 is 0 Å². The van der Waals surface area contributed by atoms with Gasteiger partial charge in [-0.3, -0.25) is 10.1 Å². The number of aromatic nitrogens is 1. The van der Waals surface area contributed by atoms with E-state index >= 15 is 0 Å². The minimum Gasteiger partial charge on any atom is -0.383 e. The van der Waals surface area contributed by atoms with E-state index in [0.717, 1.165) is 5.56 Å². The number of benzene rings is 2. The van der Waals surface area contributed by atoms with Crippen molar-refractivity contribution in [3.05, 3.63) is 74.8 Å². The molecule has 0 saturated carbocycles. The number of rotatable bonds is 3. The van der Waals surface area contributed by atoms with E-state index in [2.05, 4.69) is 11.1 Å². The maximum absolute atomic E-state index is 11.1. The number of hydrogen-bond acceptors (Lipinski definition) is 5. The van der Waals surface area contributed by atoms with Gasteiger partial charge in [-0.1, -0.05) is 35.9 Å². The molecular formula is C19H13ClN4O2. The summed E-state index contributed by atoms with van der Waals surface area (Å²) in [5.41, 5.74) is 9.21. The molecule has 0 atom stereocenters. The Bertz CT molecular complexity index is 1070. The molecule has 0 spiro atoms. The zero-order valence-corrected chi connectivity index (χ0v) is 14.5. The molecule has 0 aliphatic heterocycles. The Kier molecular flexibility index (Phi) is 4.57. The Hall–Kier alpha value is -3.43. The zero-order valence-electron chi connectivity index (χ0n) is 13.7. The summed E-state index contributed by atoms with van der Waals surface area (Å²) in [6.07, 6.45) is 0. The second-order valence-electron chi connectivity index (χ2n) is 5.65. The Morgan fingerprint density at radius 3 is 2.54 bits per heavy atom. The number of nitrogens with zero attached hydrogens (tertiary/aromatic N) is 3. The molecule has 6 nitrogen and oxygen atoms in total. The second kappa shape index (κ2) is 6.82. The molecule has 0 aliphatic carbocycles. The largest absolute Gasteiger partial charge is 0.383 e. The molecule has 0 unspecified atom stereocenters. The molecule has 0 amide bonds. The third-order valence-electron chi connectivity index (χ3n) is 4.02. The Morgan fingerprint density at radius 2 is 1.88 bits per heavy atom. The van der Waals surface area contributed by atoms with Gasteiger partial charge in [0.15, 0.2) is 0 Å². The fraction of sp³-hybridized carbons (Fsp3) is 0.0526. The van der Waals surface area contributed by atoms with E-state index in [9.17, 15) is 15.4 Å². The maximum atomic E-state index is 11.1. The van der Waals surface area contributed by atoms with Gasteiger partial charge in [-0.25, -0.2) is 4.98 Å². The summed E-state index contributed by atoms with van der Waals surface area (Å²) in [6, 6.07) is 15.3. The Morgan fingerprint density at radius 1 is 1.19 bits per heavy atom. The predicted molar refractivity (Wildman–Crippen MR) is 101 cm³/mol. The Labute approximate surface area is 154 Å². The number of nitriles is 1. The highest BCUT2D eigenvalue weighted by atomic mass is 35.5. The molecule has 0 aliphatic rings. The number of nitro groups is 1. The summed E-state index contributed by atoms with van der Waals surface area (Å²) in [7, 11) is 0. The molecule has 3 rings (SSSR count). The van der Waals surface area contributed by atoms with Crippen molar-refractivity contribution in [2.24, 2.45) is 0 Å². The molecule has 0 fully saturated rings. The van der Waals surface area contributed by atoms with Crippen molar-refractivity contribution in [1.29, 1.82) is 5.26 Å². The lowest BCUT2D eigenvalue weighted by Crippen LogP contribution is -2.03. The standard InChI is InChI=1S/C19H13ClN4O2/c1-11-17(12-4-3-7-15(9-12)24(25)26)16(10-21)19(22)23-18(11)13-5-2-6-14(20)8-13/h2-9H,1H3,(H2,22,23). The van der Waals surface area contributed by atoms with Crippen LogP contribution < -0.4 is 5.73 Å². The van der Waals surface area contributed by atoms with Crippen molar-refractivity contribution in [3.63, 3.8) is 0 Å². The van der Waals surface area contributed by atoms with E-state index in [-0.39, 0.29) is 17.1 Å². The first-order valence-electron chi connectivity index (χ1n) is 7.63. The van der Waals surface area contributed by atoms with Crippen molar-refractivity contribution >= 4 is 23.1 Å². The van der Waals surface area contributed by atoms with Crippen LogP contribution in [0.5, 0.6) is 0 Å². The summed E-state index contributed by atoms with van der Waals surface area (Å²) in [6.45, 7) is 1.80. The highest BCUT2D eigenvalue weighted by Gasteiger charge is 2.20. The maximum Gasteiger partial charge on any atom is 0.270 e. The fourth-order valence-electron chi connectivity index (χ4n) is 2.86. The first-order chi connectivity index (χ1) is 12.4. The number of hydrogen-bond donors (Lipinski definition) is 1. The van der Waals surface area contributed by atoms with Gasteiger partial charge in [0.25, 0.3) is 5.69 Å². The van der Waals surface area contributed by atoms with Crippen molar-refractivity contribution in [2.45, 2.75) is 6.92 Å².